The van der Waals surface area contributed by atoms with Gasteiger partial charge in [0.25, 0.3) is 5.69 Å². The summed E-state index contributed by atoms with van der Waals surface area (Å²) in [6, 6.07) is 27.0. The lowest BCUT2D eigenvalue weighted by Gasteiger charge is -2.59. The second-order valence-electron chi connectivity index (χ2n) is 17.0. The van der Waals surface area contributed by atoms with E-state index >= 15 is 0 Å². The zero-order valence-corrected chi connectivity index (χ0v) is 39.5. The van der Waals surface area contributed by atoms with Gasteiger partial charge in [0.15, 0.2) is 0 Å². The molecule has 1 amide bonds. The first-order valence-corrected chi connectivity index (χ1v) is 24.7. The molecule has 0 spiro atoms. The smallest absolute Gasteiger partial charge is 0.410 e. The summed E-state index contributed by atoms with van der Waals surface area (Å²) in [6.07, 6.45) is 7.44. The Hall–Kier alpha value is -5.45. The molecular weight excluding hydrogens is 913 g/mol. The molecule has 1 aliphatic heterocycles. The molecule has 2 N–H and O–H groups in total. The Morgan fingerprint density at radius 3 is 2.43 bits per heavy atom. The van der Waals surface area contributed by atoms with Gasteiger partial charge in [0.05, 0.1) is 35.6 Å². The molecule has 6 atom stereocenters. The number of nitrogens with zero attached hydrogens (tertiary/aromatic N) is 3. The lowest BCUT2D eigenvalue weighted by atomic mass is 9.55. The number of thioether (sulfide) groups is 1. The number of hydrogen-bond acceptors (Lipinski definition) is 12. The summed E-state index contributed by atoms with van der Waals surface area (Å²) in [5, 5.41) is 36.2. The highest BCUT2D eigenvalue weighted by molar-refractivity contribution is 7.99. The van der Waals surface area contributed by atoms with Crippen LogP contribution in [-0.4, -0.2) is 88.3 Å². The standard InChI is InChI=1S/C52H59ClFN3O10S/c1-2-27-65-52-48(56(51(60)64-28-24-53)34-36-14-18-39(54)19-15-36)33-46(55-66-35-37-16-20-40(21-17-37)57(61)62)44-31-38(10-6-8-25-58)43(13-7-9-26-59)49(50(44)52)45-32-41(22-23-47(45)67-52)63-29-30-68-42-11-4-3-5-12-42/h2-5,11-12,14-23,31-32,38,43,48-50,58-59H,1,6-10,13,24-30,33-35H2. The number of hydrogen-bond donors (Lipinski definition) is 2. The molecule has 6 unspecified atom stereocenters. The van der Waals surface area contributed by atoms with Gasteiger partial charge in [-0.3, -0.25) is 15.0 Å². The third-order valence-corrected chi connectivity index (χ3v) is 13.9. The first-order valence-electron chi connectivity index (χ1n) is 23.2. The highest BCUT2D eigenvalue weighted by atomic mass is 35.5. The van der Waals surface area contributed by atoms with Gasteiger partial charge < -0.3 is 34.0 Å². The topological polar surface area (TPSA) is 162 Å². The number of aliphatic hydroxyl groups excluding tert-OH is 2. The van der Waals surface area contributed by atoms with Gasteiger partial charge in [-0.2, -0.15) is 0 Å². The molecule has 0 bridgehead atoms. The Balaban J connectivity index is 1.39. The molecule has 0 radical (unpaired) electrons. The van der Waals surface area contributed by atoms with E-state index in [1.54, 1.807) is 47.0 Å². The van der Waals surface area contributed by atoms with Crippen molar-refractivity contribution < 1.29 is 48.1 Å². The number of halogens is 2. The second kappa shape index (κ2) is 24.7. The molecule has 4 aromatic rings. The molecule has 0 saturated heterocycles. The molecule has 13 nitrogen and oxygen atoms in total. The average Bonchev–Trinajstić information content (AvgIpc) is 3.35. The van der Waals surface area contributed by atoms with Gasteiger partial charge in [-0.1, -0.05) is 60.5 Å². The first kappa shape index (κ1) is 50.4. The van der Waals surface area contributed by atoms with E-state index < -0.39 is 34.6 Å². The lowest BCUT2D eigenvalue weighted by Crippen LogP contribution is -2.70. The highest BCUT2D eigenvalue weighted by Crippen LogP contribution is 2.62. The van der Waals surface area contributed by atoms with Crippen LogP contribution in [0.1, 0.15) is 67.6 Å². The molecule has 68 heavy (non-hydrogen) atoms. The Labute approximate surface area is 406 Å². The summed E-state index contributed by atoms with van der Waals surface area (Å²) >= 11 is 7.79. The van der Waals surface area contributed by atoms with Crippen molar-refractivity contribution in [3.63, 3.8) is 0 Å². The van der Waals surface area contributed by atoms with Crippen LogP contribution in [0.2, 0.25) is 0 Å². The maximum Gasteiger partial charge on any atom is 0.410 e. The van der Waals surface area contributed by atoms with Crippen molar-refractivity contribution in [3.8, 4) is 11.5 Å². The number of rotatable bonds is 25. The Morgan fingerprint density at radius 2 is 1.72 bits per heavy atom. The number of allylic oxidation sites excluding steroid dienone is 1. The van der Waals surface area contributed by atoms with Crippen molar-refractivity contribution in [2.45, 2.75) is 80.7 Å². The minimum atomic E-state index is -1.59. The molecule has 1 fully saturated rings. The summed E-state index contributed by atoms with van der Waals surface area (Å²) in [4.78, 5) is 34.4. The van der Waals surface area contributed by atoms with E-state index in [4.69, 9.17) is 40.5 Å². The predicted molar refractivity (Wildman–Crippen MR) is 260 cm³/mol. The SMILES string of the molecule is C=CCOC12Oc3ccc(OCCSc4ccccc4)cc3C3C(CCCCO)C(CCCCO)C=C(C(=NOCc4ccc([N+](=O)[O-])cc4)CC1N(Cc1ccc(F)cc1)C(=O)OCCCl)C32. The second-order valence-corrected chi connectivity index (χ2v) is 18.6. The van der Waals surface area contributed by atoms with Crippen molar-refractivity contribution in [2.24, 2.45) is 22.9 Å². The van der Waals surface area contributed by atoms with Crippen LogP contribution in [0.4, 0.5) is 14.9 Å². The minimum Gasteiger partial charge on any atom is -0.493 e. The van der Waals surface area contributed by atoms with Crippen molar-refractivity contribution in [2.75, 3.05) is 44.7 Å². The van der Waals surface area contributed by atoms with Gasteiger partial charge >= 0.3 is 6.09 Å². The van der Waals surface area contributed by atoms with Gasteiger partial charge in [0, 0.05) is 60.4 Å². The Morgan fingerprint density at radius 1 is 0.985 bits per heavy atom. The van der Waals surface area contributed by atoms with Crippen molar-refractivity contribution in [1.82, 2.24) is 4.90 Å². The van der Waals surface area contributed by atoms with Crippen LogP contribution in [0.15, 0.2) is 131 Å². The van der Waals surface area contributed by atoms with Gasteiger partial charge in [-0.15, -0.1) is 29.9 Å². The van der Waals surface area contributed by atoms with Crippen LogP contribution in [0.3, 0.4) is 0 Å². The number of ether oxygens (including phenoxy) is 4. The summed E-state index contributed by atoms with van der Waals surface area (Å²) in [6.45, 7) is 4.48. The van der Waals surface area contributed by atoms with Crippen molar-refractivity contribution >= 4 is 40.9 Å². The summed E-state index contributed by atoms with van der Waals surface area (Å²) in [5.74, 6) is -1.04. The Kier molecular flexibility index (Phi) is 18.3. The van der Waals surface area contributed by atoms with Gasteiger partial charge in [0.2, 0.25) is 5.79 Å². The summed E-state index contributed by atoms with van der Waals surface area (Å²) in [5.41, 5.74) is 3.48. The number of nitro benzene ring substituents is 1. The number of fused-ring (bicyclic) bond motifs is 2. The molecule has 2 aliphatic carbocycles. The maximum absolute atomic E-state index is 14.6. The third kappa shape index (κ3) is 12.2. The zero-order valence-electron chi connectivity index (χ0n) is 38.0. The van der Waals surface area contributed by atoms with E-state index in [1.807, 2.05) is 36.4 Å². The fourth-order valence-corrected chi connectivity index (χ4v) is 10.6. The van der Waals surface area contributed by atoms with Gasteiger partial charge in [-0.05, 0) is 109 Å². The molecule has 4 aromatic carbocycles. The number of carbonyl (C=O) groups excluding carboxylic acids is 1. The summed E-state index contributed by atoms with van der Waals surface area (Å²) in [7, 11) is 0. The maximum atomic E-state index is 14.6. The number of nitro groups is 1. The number of benzene rings is 4. The molecule has 0 aromatic heterocycles. The minimum absolute atomic E-state index is 0.00496. The number of unbranched alkanes of at least 4 members (excludes halogenated alkanes) is 2. The van der Waals surface area contributed by atoms with Crippen LogP contribution in [0.5, 0.6) is 11.5 Å². The number of alkyl halides is 1. The van der Waals surface area contributed by atoms with E-state index in [0.717, 1.165) is 47.5 Å². The number of carbonyl (C=O) groups is 1. The normalized spacial score (nSPS) is 22.0. The van der Waals surface area contributed by atoms with Gasteiger partial charge in [0.1, 0.15) is 36.6 Å². The van der Waals surface area contributed by atoms with Crippen LogP contribution >= 0.6 is 23.4 Å². The monoisotopic (exact) mass is 971 g/mol. The molecular formula is C52H59ClFN3O10S. The van der Waals surface area contributed by atoms with Crippen LogP contribution in [0.25, 0.3) is 0 Å². The third-order valence-electron chi connectivity index (χ3n) is 12.7. The molecule has 3 aliphatic rings. The Bertz CT molecular complexity index is 2360. The van der Waals surface area contributed by atoms with E-state index in [2.05, 4.69) is 24.8 Å². The largest absolute Gasteiger partial charge is 0.493 e. The predicted octanol–water partition coefficient (Wildman–Crippen LogP) is 10.6. The quantitative estimate of drug-likeness (QED) is 0.0162. The van der Waals surface area contributed by atoms with Crippen molar-refractivity contribution in [3.05, 3.63) is 154 Å². The van der Waals surface area contributed by atoms with E-state index in [-0.39, 0.29) is 75.3 Å². The number of oxime groups is 1. The average molecular weight is 973 g/mol. The van der Waals surface area contributed by atoms with Crippen LogP contribution < -0.4 is 9.47 Å². The molecule has 16 heteroatoms. The fourth-order valence-electron chi connectivity index (χ4n) is 9.77. The van der Waals surface area contributed by atoms with E-state index in [1.165, 1.54) is 24.3 Å². The number of aliphatic hydroxyl groups is 2. The molecule has 1 saturated carbocycles. The first-order chi connectivity index (χ1) is 33.2. The van der Waals surface area contributed by atoms with Crippen LogP contribution in [-0.2, 0) is 27.5 Å². The number of non-ortho nitro benzene ring substituents is 1. The van der Waals surface area contributed by atoms with Crippen molar-refractivity contribution in [1.29, 1.82) is 0 Å². The zero-order chi connectivity index (χ0) is 47.9. The number of amides is 1. The van der Waals surface area contributed by atoms with Crippen LogP contribution in [0, 0.1) is 33.7 Å². The van der Waals surface area contributed by atoms with E-state index in [0.29, 0.717) is 47.8 Å². The molecule has 362 valence electrons. The molecule has 7 rings (SSSR count). The highest BCUT2D eigenvalue weighted by Gasteiger charge is 2.65. The van der Waals surface area contributed by atoms with E-state index in [9.17, 15) is 29.5 Å². The molecule has 1 heterocycles. The fraction of sp³-hybridized carbons (Fsp3) is 0.423. The van der Waals surface area contributed by atoms with Gasteiger partial charge in [-0.25, -0.2) is 9.18 Å². The summed E-state index contributed by atoms with van der Waals surface area (Å²) < 4.78 is 41.0. The lowest BCUT2D eigenvalue weighted by molar-refractivity contribution is -0.384.